The Morgan fingerprint density at radius 3 is 1.77 bits per heavy atom. The lowest BCUT2D eigenvalue weighted by Crippen LogP contribution is -2.32. The highest BCUT2D eigenvalue weighted by Gasteiger charge is 2.34. The number of ether oxygens (including phenoxy) is 2. The van der Waals surface area contributed by atoms with Gasteiger partial charge in [0.15, 0.2) is 0 Å². The van der Waals surface area contributed by atoms with Crippen molar-refractivity contribution >= 4 is 45.5 Å². The third kappa shape index (κ3) is 10.0. The zero-order chi connectivity index (χ0) is 26.8. The summed E-state index contributed by atoms with van der Waals surface area (Å²) in [6.07, 6.45) is -1.66. The molecule has 0 aliphatic carbocycles. The maximum atomic E-state index is 12.0. The Kier molecular flexibility index (Phi) is 13.1. The summed E-state index contributed by atoms with van der Waals surface area (Å²) >= 11 is 9.53. The van der Waals surface area contributed by atoms with Gasteiger partial charge in [-0.2, -0.15) is 8.42 Å². The normalized spacial score (nSPS) is 19.7. The second kappa shape index (κ2) is 14.7. The van der Waals surface area contributed by atoms with Gasteiger partial charge in [-0.25, -0.2) is 9.59 Å². The molecule has 2 heterocycles. The van der Waals surface area contributed by atoms with Gasteiger partial charge in [0.1, 0.15) is 18.8 Å². The van der Waals surface area contributed by atoms with Crippen LogP contribution in [0.1, 0.15) is 33.3 Å². The topological polar surface area (TPSA) is 123 Å². The lowest BCUT2D eigenvalue weighted by atomic mass is 10.2. The number of aliphatic hydroxyl groups excluding tert-OH is 1. The Hall–Kier alpha value is -1.79. The molecule has 0 saturated carbocycles. The van der Waals surface area contributed by atoms with Crippen molar-refractivity contribution in [2.75, 3.05) is 31.6 Å². The molecule has 2 aliphatic heterocycles. The van der Waals surface area contributed by atoms with Crippen molar-refractivity contribution in [2.45, 2.75) is 63.8 Å². The summed E-state index contributed by atoms with van der Waals surface area (Å²) in [6, 6.07) is 6.55. The first-order valence-electron chi connectivity index (χ1n) is 11.0. The number of carbonyl (C=O) groups is 2. The van der Waals surface area contributed by atoms with E-state index in [0.29, 0.717) is 13.1 Å². The number of hydrogen-bond acceptors (Lipinski definition) is 8. The molecule has 2 aliphatic rings. The fourth-order valence-electron chi connectivity index (χ4n) is 3.05. The summed E-state index contributed by atoms with van der Waals surface area (Å²) in [4.78, 5) is 25.8. The van der Waals surface area contributed by atoms with E-state index in [1.165, 1.54) is 17.0 Å². The molecule has 13 heteroatoms. The molecule has 2 atom stereocenters. The quantitative estimate of drug-likeness (QED) is 0.399. The number of carbonyl (C=O) groups excluding carboxylic acids is 2. The van der Waals surface area contributed by atoms with Crippen molar-refractivity contribution in [1.29, 1.82) is 0 Å². The molecule has 1 N–H and O–H groups in total. The Bertz CT molecular complexity index is 913. The standard InChI is InChI=1S/C14H19NO5S.C7H13NO3.CH2Cl2/c1-10(2)15-8-12(20-14(15)16)9-19-21(17,18)13-6-4-11(3)5-7-13;1-5(2)8-3-6(4-9)11-7(8)10;2-1-3/h4-7,10,12H,8-9H2,1-3H3;5-6,9H,3-4H2,1-2H3;1H2/t12-;6-;/m00./s1. The molecule has 2 amide bonds. The van der Waals surface area contributed by atoms with Crippen LogP contribution < -0.4 is 0 Å². The van der Waals surface area contributed by atoms with E-state index in [1.807, 2.05) is 34.6 Å². The van der Waals surface area contributed by atoms with E-state index in [-0.39, 0.29) is 47.7 Å². The third-order valence-corrected chi connectivity index (χ3v) is 6.27. The average molecular weight is 557 g/mol. The van der Waals surface area contributed by atoms with Crippen LogP contribution >= 0.6 is 23.2 Å². The van der Waals surface area contributed by atoms with Crippen molar-refractivity contribution in [1.82, 2.24) is 9.80 Å². The van der Waals surface area contributed by atoms with Crippen LogP contribution in [0.15, 0.2) is 29.2 Å². The molecule has 1 aromatic carbocycles. The molecule has 0 unspecified atom stereocenters. The minimum Gasteiger partial charge on any atom is -0.442 e. The van der Waals surface area contributed by atoms with Crippen LogP contribution in [0.3, 0.4) is 0 Å². The van der Waals surface area contributed by atoms with Crippen LogP contribution in [0.2, 0.25) is 0 Å². The van der Waals surface area contributed by atoms with Crippen molar-refractivity contribution < 1.29 is 36.8 Å². The predicted molar refractivity (Wildman–Crippen MR) is 132 cm³/mol. The summed E-state index contributed by atoms with van der Waals surface area (Å²) in [5.74, 6) is 0. The predicted octanol–water partition coefficient (Wildman–Crippen LogP) is 3.56. The van der Waals surface area contributed by atoms with Crippen LogP contribution in [0.25, 0.3) is 0 Å². The number of halogens is 2. The van der Waals surface area contributed by atoms with E-state index in [1.54, 1.807) is 17.0 Å². The molecule has 0 bridgehead atoms. The van der Waals surface area contributed by atoms with E-state index in [0.717, 1.165) is 5.56 Å². The molecular formula is C22H34Cl2N2O8S. The molecule has 3 rings (SSSR count). The van der Waals surface area contributed by atoms with Crippen molar-refractivity contribution in [2.24, 2.45) is 0 Å². The highest BCUT2D eigenvalue weighted by Crippen LogP contribution is 2.18. The van der Waals surface area contributed by atoms with Crippen molar-refractivity contribution in [3.8, 4) is 0 Å². The largest absolute Gasteiger partial charge is 0.442 e. The molecule has 10 nitrogen and oxygen atoms in total. The van der Waals surface area contributed by atoms with E-state index >= 15 is 0 Å². The zero-order valence-corrected chi connectivity index (χ0v) is 22.8. The molecule has 35 heavy (non-hydrogen) atoms. The maximum Gasteiger partial charge on any atom is 0.410 e. The van der Waals surface area contributed by atoms with E-state index < -0.39 is 22.3 Å². The van der Waals surface area contributed by atoms with Gasteiger partial charge in [-0.05, 0) is 46.8 Å². The third-order valence-electron chi connectivity index (χ3n) is 4.97. The smallest absolute Gasteiger partial charge is 0.410 e. The summed E-state index contributed by atoms with van der Waals surface area (Å²) in [5, 5.41) is 8.87. The highest BCUT2D eigenvalue weighted by molar-refractivity contribution is 7.86. The molecule has 200 valence electrons. The number of aliphatic hydroxyl groups is 1. The molecule has 1 aromatic rings. The Morgan fingerprint density at radius 2 is 1.40 bits per heavy atom. The van der Waals surface area contributed by atoms with Crippen molar-refractivity contribution in [3.63, 3.8) is 0 Å². The fourth-order valence-corrected chi connectivity index (χ4v) is 3.98. The van der Waals surface area contributed by atoms with Gasteiger partial charge < -0.3 is 24.4 Å². The Morgan fingerprint density at radius 1 is 0.971 bits per heavy atom. The first-order chi connectivity index (χ1) is 16.4. The van der Waals surface area contributed by atoms with E-state index in [4.69, 9.17) is 42.0 Å². The van der Waals surface area contributed by atoms with Gasteiger partial charge in [-0.1, -0.05) is 17.7 Å². The Labute approximate surface area is 217 Å². The maximum absolute atomic E-state index is 12.0. The number of nitrogens with zero attached hydrogens (tertiary/aromatic N) is 2. The summed E-state index contributed by atoms with van der Waals surface area (Å²) in [5.41, 5.74) is 0.964. The lowest BCUT2D eigenvalue weighted by Gasteiger charge is -2.16. The number of hydrogen-bond donors (Lipinski definition) is 1. The van der Waals surface area contributed by atoms with Crippen LogP contribution in [-0.2, 0) is 23.8 Å². The van der Waals surface area contributed by atoms with Gasteiger partial charge in [0, 0.05) is 12.1 Å². The molecule has 0 spiro atoms. The SMILES string of the molecule is CC(C)N1C[C@@H](CO)OC1=O.Cc1ccc(S(=O)(=O)OC[C@@H]2CN(C(C)C)C(=O)O2)cc1.ClCCl. The van der Waals surface area contributed by atoms with Gasteiger partial charge in [0.2, 0.25) is 0 Å². The lowest BCUT2D eigenvalue weighted by molar-refractivity contribution is 0.0943. The highest BCUT2D eigenvalue weighted by atomic mass is 35.5. The number of benzene rings is 1. The van der Waals surface area contributed by atoms with Gasteiger partial charge in [0.05, 0.1) is 29.9 Å². The summed E-state index contributed by atoms with van der Waals surface area (Å²) in [7, 11) is -3.83. The van der Waals surface area contributed by atoms with Crippen LogP contribution in [0.4, 0.5) is 9.59 Å². The number of aryl methyl sites for hydroxylation is 1. The number of rotatable bonds is 7. The first-order valence-corrected chi connectivity index (χ1v) is 13.5. The first kappa shape index (κ1) is 31.2. The van der Waals surface area contributed by atoms with Gasteiger partial charge in [-0.3, -0.25) is 4.18 Å². The summed E-state index contributed by atoms with van der Waals surface area (Å²) < 4.78 is 38.9. The number of alkyl halides is 2. The molecule has 0 radical (unpaired) electrons. The van der Waals surface area contributed by atoms with Crippen LogP contribution in [0, 0.1) is 6.92 Å². The number of cyclic esters (lactones) is 2. The van der Waals surface area contributed by atoms with E-state index in [2.05, 4.69) is 0 Å². The molecule has 0 aromatic heterocycles. The average Bonchev–Trinajstić information content (AvgIpc) is 3.36. The van der Waals surface area contributed by atoms with Crippen LogP contribution in [-0.4, -0.2) is 91.4 Å². The minimum atomic E-state index is -3.83. The van der Waals surface area contributed by atoms with Crippen LogP contribution in [0.5, 0.6) is 0 Å². The minimum absolute atomic E-state index is 0.0104. The number of amides is 2. The van der Waals surface area contributed by atoms with E-state index in [9.17, 15) is 18.0 Å². The monoisotopic (exact) mass is 556 g/mol. The second-order valence-corrected chi connectivity index (χ2v) is 10.8. The Balaban J connectivity index is 0.000000366. The van der Waals surface area contributed by atoms with Crippen molar-refractivity contribution in [3.05, 3.63) is 29.8 Å². The van der Waals surface area contributed by atoms with Gasteiger partial charge >= 0.3 is 12.2 Å². The zero-order valence-electron chi connectivity index (χ0n) is 20.5. The molecular weight excluding hydrogens is 523 g/mol. The summed E-state index contributed by atoms with van der Waals surface area (Å²) in [6.45, 7) is 10.0. The molecule has 2 saturated heterocycles. The second-order valence-electron chi connectivity index (χ2n) is 8.34. The molecule has 2 fully saturated rings. The van der Waals surface area contributed by atoms with Gasteiger partial charge in [0.25, 0.3) is 10.1 Å². The fraction of sp³-hybridized carbons (Fsp3) is 0.636. The van der Waals surface area contributed by atoms with Gasteiger partial charge in [-0.15, -0.1) is 23.2 Å².